The number of thiol groups is 1. The van der Waals surface area contributed by atoms with E-state index in [1.165, 1.54) is 31.4 Å². The number of nitrogens with one attached hydrogen (secondary N) is 1. The summed E-state index contributed by atoms with van der Waals surface area (Å²) >= 11 is 3.79. The van der Waals surface area contributed by atoms with Gasteiger partial charge in [0.05, 0.1) is 28.4 Å². The van der Waals surface area contributed by atoms with Crippen LogP contribution in [-0.2, 0) is 20.0 Å². The van der Waals surface area contributed by atoms with E-state index in [1.807, 2.05) is 30.3 Å². The minimum Gasteiger partial charge on any atom is -0.453 e. The number of sulfone groups is 1. The quantitative estimate of drug-likeness (QED) is 0.260. The standard InChI is InChI=1S/C37H42N4O5S2/c1-46-36(43)39-34-9-5-8-33(34)37(25-38,28-6-3-2-4-7-28)29-18-20-40(21-19-29)22-26-23-41(24-26)30-12-16-32(17-13-30)48(44,45)31-14-10-27(11-15-31)35(42)47/h2-4,6-7,10-17,26,29,33-34H,5,8-9,18-24H2,1H3,(H,39,43)(H,42,47)/t33-,34-,37?/m1/s1. The lowest BCUT2D eigenvalue weighted by atomic mass is 9.59. The van der Waals surface area contributed by atoms with Crippen molar-refractivity contribution in [3.05, 3.63) is 90.0 Å². The van der Waals surface area contributed by atoms with Gasteiger partial charge in [-0.05, 0) is 98.8 Å². The number of anilines is 1. The van der Waals surface area contributed by atoms with Gasteiger partial charge >= 0.3 is 6.09 Å². The summed E-state index contributed by atoms with van der Waals surface area (Å²) in [6.07, 6.45) is 4.12. The zero-order valence-corrected chi connectivity index (χ0v) is 28.8. The van der Waals surface area contributed by atoms with E-state index in [2.05, 4.69) is 45.9 Å². The average molecular weight is 687 g/mol. The molecule has 0 aromatic heterocycles. The Morgan fingerprint density at radius 2 is 1.56 bits per heavy atom. The molecule has 2 saturated heterocycles. The van der Waals surface area contributed by atoms with Crippen LogP contribution >= 0.6 is 12.6 Å². The molecule has 48 heavy (non-hydrogen) atoms. The number of likely N-dealkylation sites (tertiary alicyclic amines) is 1. The maximum absolute atomic E-state index is 13.1. The normalized spacial score (nSPS) is 21.9. The number of nitriles is 1. The summed E-state index contributed by atoms with van der Waals surface area (Å²) in [6.45, 7) is 4.64. The van der Waals surface area contributed by atoms with Gasteiger partial charge in [-0.1, -0.05) is 36.8 Å². The van der Waals surface area contributed by atoms with Crippen molar-refractivity contribution in [2.75, 3.05) is 44.7 Å². The maximum Gasteiger partial charge on any atom is 0.407 e. The molecule has 2 heterocycles. The van der Waals surface area contributed by atoms with Crippen molar-refractivity contribution in [2.45, 2.75) is 53.4 Å². The number of methoxy groups -OCH3 is 1. The number of hydrogen-bond donors (Lipinski definition) is 2. The summed E-state index contributed by atoms with van der Waals surface area (Å²) < 4.78 is 31.2. The van der Waals surface area contributed by atoms with E-state index >= 15 is 0 Å². The molecular weight excluding hydrogens is 645 g/mol. The Balaban J connectivity index is 1.05. The first-order valence-corrected chi connectivity index (χ1v) is 18.6. The number of benzene rings is 3. The van der Waals surface area contributed by atoms with E-state index in [-0.39, 0.29) is 27.7 Å². The van der Waals surface area contributed by atoms with Crippen LogP contribution in [0.3, 0.4) is 0 Å². The Hall–Kier alpha value is -3.85. The van der Waals surface area contributed by atoms with Crippen LogP contribution in [0.15, 0.2) is 88.7 Å². The van der Waals surface area contributed by atoms with E-state index in [0.717, 1.165) is 76.1 Å². The molecule has 3 aromatic carbocycles. The molecule has 11 heteroatoms. The maximum atomic E-state index is 13.1. The predicted molar refractivity (Wildman–Crippen MR) is 187 cm³/mol. The smallest absolute Gasteiger partial charge is 0.407 e. The Morgan fingerprint density at radius 1 is 0.938 bits per heavy atom. The number of rotatable bonds is 10. The second-order valence-corrected chi connectivity index (χ2v) is 15.7. The van der Waals surface area contributed by atoms with Gasteiger partial charge in [-0.25, -0.2) is 13.2 Å². The molecule has 1 aliphatic carbocycles. The molecule has 0 spiro atoms. The highest BCUT2D eigenvalue weighted by atomic mass is 32.2. The number of ether oxygens (including phenoxy) is 1. The molecule has 0 bridgehead atoms. The Kier molecular flexibility index (Phi) is 10.2. The Labute approximate surface area is 288 Å². The first kappa shape index (κ1) is 34.0. The molecule has 3 fully saturated rings. The fraction of sp³-hybridized carbons (Fsp3) is 0.432. The van der Waals surface area contributed by atoms with Crippen LogP contribution in [0, 0.1) is 29.1 Å². The number of nitrogens with zero attached hydrogens (tertiary/aromatic N) is 3. The molecule has 1 N–H and O–H groups in total. The third-order valence-electron chi connectivity index (χ3n) is 10.7. The van der Waals surface area contributed by atoms with Crippen LogP contribution in [0.2, 0.25) is 0 Å². The number of alkyl carbamates (subject to hydrolysis) is 1. The summed E-state index contributed by atoms with van der Waals surface area (Å²) in [5.41, 5.74) is 1.70. The van der Waals surface area contributed by atoms with Gasteiger partial charge in [0.15, 0.2) is 0 Å². The van der Waals surface area contributed by atoms with Gasteiger partial charge in [-0.3, -0.25) is 4.79 Å². The molecule has 1 unspecified atom stereocenters. The third kappa shape index (κ3) is 6.71. The molecule has 0 radical (unpaired) electrons. The summed E-state index contributed by atoms with van der Waals surface area (Å²) in [4.78, 5) is 28.8. The topological polar surface area (TPSA) is 120 Å². The Bertz CT molecular complexity index is 1750. The highest BCUT2D eigenvalue weighted by Gasteiger charge is 2.52. The van der Waals surface area contributed by atoms with Crippen LogP contribution < -0.4 is 10.2 Å². The lowest BCUT2D eigenvalue weighted by Gasteiger charge is -2.48. The lowest BCUT2D eigenvalue weighted by Crippen LogP contribution is -2.55. The van der Waals surface area contributed by atoms with Crippen LogP contribution in [0.1, 0.15) is 48.0 Å². The second kappa shape index (κ2) is 14.3. The number of carbonyl (C=O) groups is 2. The molecule has 3 atom stereocenters. The van der Waals surface area contributed by atoms with Gasteiger partial charge < -0.3 is 19.9 Å². The molecule has 2 aliphatic heterocycles. The van der Waals surface area contributed by atoms with Crippen molar-refractivity contribution in [1.29, 1.82) is 5.26 Å². The molecule has 252 valence electrons. The molecule has 1 amide bonds. The van der Waals surface area contributed by atoms with Gasteiger partial charge in [-0.2, -0.15) is 5.26 Å². The summed E-state index contributed by atoms with van der Waals surface area (Å²) in [5, 5.41) is 13.6. The zero-order valence-electron chi connectivity index (χ0n) is 27.1. The SMILES string of the molecule is COC(=O)N[C@@H]1CCC[C@H]1C(C#N)(c1ccccc1)C1CCN(CC2CN(c3ccc(S(=O)(=O)c4ccc(C(=O)S)cc4)cc3)C2)CC1. The molecule has 1 saturated carbocycles. The first-order valence-electron chi connectivity index (χ1n) is 16.6. The van der Waals surface area contributed by atoms with E-state index < -0.39 is 26.5 Å². The summed E-state index contributed by atoms with van der Waals surface area (Å²) in [5.74, 6) is 0.713. The fourth-order valence-electron chi connectivity index (χ4n) is 8.17. The minimum absolute atomic E-state index is 0.0198. The summed E-state index contributed by atoms with van der Waals surface area (Å²) in [7, 11) is -2.32. The number of amides is 1. The number of carbonyl (C=O) groups excluding carboxylic acids is 2. The van der Waals surface area contributed by atoms with Gasteiger partial charge in [-0.15, -0.1) is 12.6 Å². The monoisotopic (exact) mass is 686 g/mol. The van der Waals surface area contributed by atoms with Gasteiger partial charge in [0.1, 0.15) is 0 Å². The zero-order chi connectivity index (χ0) is 33.9. The molecule has 6 rings (SSSR count). The molecule has 3 aliphatic rings. The lowest BCUT2D eigenvalue weighted by molar-refractivity contribution is 0.0939. The van der Waals surface area contributed by atoms with Crippen molar-refractivity contribution in [1.82, 2.24) is 10.2 Å². The molecular formula is C37H42N4O5S2. The first-order chi connectivity index (χ1) is 23.1. The largest absolute Gasteiger partial charge is 0.453 e. The van der Waals surface area contributed by atoms with E-state index in [4.69, 9.17) is 4.74 Å². The van der Waals surface area contributed by atoms with Crippen LogP contribution in [-0.4, -0.2) is 70.4 Å². The Morgan fingerprint density at radius 3 is 2.15 bits per heavy atom. The van der Waals surface area contributed by atoms with Crippen molar-refractivity contribution in [3.8, 4) is 6.07 Å². The predicted octanol–water partition coefficient (Wildman–Crippen LogP) is 5.72. The highest BCUT2D eigenvalue weighted by Crippen LogP contribution is 2.50. The van der Waals surface area contributed by atoms with E-state index in [9.17, 15) is 23.3 Å². The van der Waals surface area contributed by atoms with Gasteiger partial charge in [0, 0.05) is 48.8 Å². The number of piperidine rings is 1. The average Bonchev–Trinajstić information content (AvgIpc) is 3.56. The van der Waals surface area contributed by atoms with Crippen molar-refractivity contribution in [3.63, 3.8) is 0 Å². The fourth-order valence-corrected chi connectivity index (χ4v) is 9.58. The van der Waals surface area contributed by atoms with Gasteiger partial charge in [0.2, 0.25) is 15.0 Å². The minimum atomic E-state index is -3.70. The molecule has 9 nitrogen and oxygen atoms in total. The highest BCUT2D eigenvalue weighted by molar-refractivity contribution is 7.97. The van der Waals surface area contributed by atoms with E-state index in [0.29, 0.717) is 11.5 Å². The van der Waals surface area contributed by atoms with Gasteiger partial charge in [0.25, 0.3) is 0 Å². The summed E-state index contributed by atoms with van der Waals surface area (Å²) in [6, 6.07) is 25.7. The van der Waals surface area contributed by atoms with Crippen LogP contribution in [0.5, 0.6) is 0 Å². The molecule has 3 aromatic rings. The van der Waals surface area contributed by atoms with Crippen molar-refractivity contribution in [2.24, 2.45) is 17.8 Å². The van der Waals surface area contributed by atoms with E-state index in [1.54, 1.807) is 12.1 Å². The van der Waals surface area contributed by atoms with Crippen LogP contribution in [0.4, 0.5) is 10.5 Å². The third-order valence-corrected chi connectivity index (χ3v) is 12.7. The van der Waals surface area contributed by atoms with Crippen molar-refractivity contribution < 1.29 is 22.7 Å². The number of hydrogen-bond acceptors (Lipinski definition) is 8. The van der Waals surface area contributed by atoms with Crippen LogP contribution in [0.25, 0.3) is 0 Å². The van der Waals surface area contributed by atoms with Crippen molar-refractivity contribution >= 4 is 39.4 Å². The second-order valence-electron chi connectivity index (χ2n) is 13.3.